The van der Waals surface area contributed by atoms with Crippen molar-refractivity contribution in [3.8, 4) is 0 Å². The Balaban J connectivity index is -0.000000218. The Morgan fingerprint density at radius 2 is 1.20 bits per heavy atom. The maximum atomic E-state index is 9.71. The number of carboxylic acids is 1. The van der Waals surface area contributed by atoms with Crippen LogP contribution in [0.25, 0.3) is 0 Å². The predicted octanol–water partition coefficient (Wildman–Crippen LogP) is -2.88. The third-order valence-corrected chi connectivity index (χ3v) is 2.61. The average molecular weight is 340 g/mol. The quantitative estimate of drug-likeness (QED) is 0.279. The van der Waals surface area contributed by atoms with Gasteiger partial charge >= 0.3 is 5.97 Å². The molecule has 20 heavy (non-hydrogen) atoms. The predicted molar refractivity (Wildman–Crippen MR) is 70.3 cm³/mol. The minimum atomic E-state index is -3.80. The molecule has 0 amide bonds. The van der Waals surface area contributed by atoms with Gasteiger partial charge < -0.3 is 21.7 Å². The molecule has 124 valence electrons. The van der Waals surface area contributed by atoms with Crippen molar-refractivity contribution < 1.29 is 40.9 Å². The van der Waals surface area contributed by atoms with Crippen molar-refractivity contribution in [1.29, 1.82) is 0 Å². The molecule has 0 radical (unpaired) electrons. The number of carboxylic acid groups (broad SMARTS) is 1. The zero-order valence-corrected chi connectivity index (χ0v) is 12.3. The van der Waals surface area contributed by atoms with Crippen LogP contribution in [0.5, 0.6) is 0 Å². The highest BCUT2D eigenvalue weighted by Gasteiger charge is 2.01. The molecule has 0 spiro atoms. The molecule has 13 heteroatoms. The third kappa shape index (κ3) is 36.0. The first-order chi connectivity index (χ1) is 8.76. The van der Waals surface area contributed by atoms with Gasteiger partial charge in [0.1, 0.15) is 6.10 Å². The van der Waals surface area contributed by atoms with Gasteiger partial charge in [-0.3, -0.25) is 9.11 Å². The molecule has 11 nitrogen and oxygen atoms in total. The van der Waals surface area contributed by atoms with Crippen LogP contribution in [0.3, 0.4) is 0 Å². The van der Waals surface area contributed by atoms with Crippen molar-refractivity contribution in [3.63, 3.8) is 0 Å². The summed E-state index contributed by atoms with van der Waals surface area (Å²) in [6, 6.07) is 0. The third-order valence-electron chi connectivity index (χ3n) is 1.11. The van der Waals surface area contributed by atoms with Crippen LogP contribution in [0.1, 0.15) is 6.92 Å². The number of aliphatic hydroxyl groups is 1. The van der Waals surface area contributed by atoms with Crippen molar-refractivity contribution in [2.75, 3.05) is 24.6 Å². The van der Waals surface area contributed by atoms with E-state index in [1.165, 1.54) is 6.92 Å². The van der Waals surface area contributed by atoms with E-state index in [9.17, 15) is 21.6 Å². The summed E-state index contributed by atoms with van der Waals surface area (Å²) < 4.78 is 54.6. The lowest BCUT2D eigenvalue weighted by Gasteiger charge is -1.89. The van der Waals surface area contributed by atoms with E-state index >= 15 is 0 Å². The summed E-state index contributed by atoms with van der Waals surface area (Å²) in [6.07, 6.45) is -1.23. The summed E-state index contributed by atoms with van der Waals surface area (Å²) in [6.45, 7) is 1.14. The fraction of sp³-hybridized carbons (Fsp3) is 0.857. The van der Waals surface area contributed by atoms with Gasteiger partial charge in [0, 0.05) is 13.1 Å². The van der Waals surface area contributed by atoms with Crippen molar-refractivity contribution in [2.24, 2.45) is 11.5 Å². The van der Waals surface area contributed by atoms with E-state index in [1.54, 1.807) is 0 Å². The van der Waals surface area contributed by atoms with Crippen LogP contribution < -0.4 is 11.5 Å². The lowest BCUT2D eigenvalue weighted by atomic mass is 10.4. The van der Waals surface area contributed by atoms with E-state index in [0.29, 0.717) is 0 Å². The van der Waals surface area contributed by atoms with E-state index in [-0.39, 0.29) is 24.6 Å². The lowest BCUT2D eigenvalue weighted by molar-refractivity contribution is -0.145. The summed E-state index contributed by atoms with van der Waals surface area (Å²) in [7, 11) is -7.60. The van der Waals surface area contributed by atoms with Crippen LogP contribution in [0, 0.1) is 0 Å². The number of nitrogens with two attached hydrogens (primary N) is 2. The van der Waals surface area contributed by atoms with Crippen molar-refractivity contribution in [3.05, 3.63) is 0 Å². The zero-order chi connectivity index (χ0) is 17.0. The molecule has 1 unspecified atom stereocenters. The SMILES string of the molecule is CC(O)C(=O)O.NCCS(=O)(=O)O.NCCS(=O)(=O)O. The topological polar surface area (TPSA) is 218 Å². The second kappa shape index (κ2) is 12.0. The Bertz CT molecular complexity index is 409. The Hall–Kier alpha value is -0.830. The maximum Gasteiger partial charge on any atom is 0.332 e. The van der Waals surface area contributed by atoms with Gasteiger partial charge in [-0.2, -0.15) is 16.8 Å². The zero-order valence-electron chi connectivity index (χ0n) is 10.7. The Labute approximate surface area is 117 Å². The molecule has 0 aliphatic heterocycles. The second-order valence-corrected chi connectivity index (χ2v) is 6.31. The lowest BCUT2D eigenvalue weighted by Crippen LogP contribution is -2.13. The summed E-state index contributed by atoms with van der Waals surface area (Å²) >= 11 is 0. The normalized spacial score (nSPS) is 12.3. The highest BCUT2D eigenvalue weighted by atomic mass is 32.2. The second-order valence-electron chi connectivity index (χ2n) is 3.16. The molecular formula is C7H20N2O9S2. The largest absolute Gasteiger partial charge is 0.479 e. The molecule has 0 saturated carbocycles. The van der Waals surface area contributed by atoms with Gasteiger partial charge in [0.15, 0.2) is 0 Å². The van der Waals surface area contributed by atoms with Gasteiger partial charge in [-0.1, -0.05) is 0 Å². The summed E-state index contributed by atoms with van der Waals surface area (Å²) in [5.41, 5.74) is 9.55. The molecule has 0 rings (SSSR count). The number of carbonyl (C=O) groups is 1. The van der Waals surface area contributed by atoms with Gasteiger partial charge in [0.05, 0.1) is 11.5 Å². The molecule has 0 fully saturated rings. The van der Waals surface area contributed by atoms with Gasteiger partial charge in [0.2, 0.25) is 0 Å². The molecule has 0 aliphatic rings. The number of aliphatic hydroxyl groups excluding tert-OH is 1. The van der Waals surface area contributed by atoms with Crippen LogP contribution >= 0.6 is 0 Å². The molecule has 0 saturated heterocycles. The number of aliphatic carboxylic acids is 1. The number of rotatable bonds is 5. The fourth-order valence-electron chi connectivity index (χ4n) is 0.298. The molecule has 1 atom stereocenters. The first kappa shape index (κ1) is 24.2. The van der Waals surface area contributed by atoms with Crippen LogP contribution in [-0.4, -0.2) is 72.8 Å². The first-order valence-corrected chi connectivity index (χ1v) is 8.20. The monoisotopic (exact) mass is 340 g/mol. The van der Waals surface area contributed by atoms with E-state index < -0.39 is 32.3 Å². The van der Waals surface area contributed by atoms with Gasteiger partial charge in [-0.25, -0.2) is 4.79 Å². The maximum absolute atomic E-state index is 9.71. The number of hydrogen-bond acceptors (Lipinski definition) is 8. The van der Waals surface area contributed by atoms with Gasteiger partial charge in [-0.05, 0) is 6.92 Å². The van der Waals surface area contributed by atoms with Crippen LogP contribution in [0.2, 0.25) is 0 Å². The molecule has 0 bridgehead atoms. The molecular weight excluding hydrogens is 320 g/mol. The molecule has 8 N–H and O–H groups in total. The van der Waals surface area contributed by atoms with E-state index in [4.69, 9.17) is 30.8 Å². The molecule has 0 aromatic rings. The van der Waals surface area contributed by atoms with Gasteiger partial charge in [0.25, 0.3) is 20.2 Å². The Morgan fingerprint density at radius 3 is 1.20 bits per heavy atom. The highest BCUT2D eigenvalue weighted by molar-refractivity contribution is 7.86. The summed E-state index contributed by atoms with van der Waals surface area (Å²) in [5.74, 6) is -1.89. The molecule has 0 aromatic carbocycles. The van der Waals surface area contributed by atoms with Crippen LogP contribution in [0.4, 0.5) is 0 Å². The van der Waals surface area contributed by atoms with Crippen molar-refractivity contribution in [1.82, 2.24) is 0 Å². The standard InChI is InChI=1S/C3H6O3.2C2H7NO3S/c1-2(4)3(5)6;2*3-1-2-7(4,5)6/h2,4H,1H3,(H,5,6);2*1-3H2,(H,4,5,6). The molecule has 0 aromatic heterocycles. The fourth-order valence-corrected chi connectivity index (χ4v) is 0.894. The minimum Gasteiger partial charge on any atom is -0.479 e. The number of hydrogen-bond donors (Lipinski definition) is 6. The molecule has 0 heterocycles. The Morgan fingerprint density at radius 1 is 1.00 bits per heavy atom. The average Bonchev–Trinajstić information content (AvgIpc) is 2.15. The van der Waals surface area contributed by atoms with E-state index in [2.05, 4.69) is 0 Å². The summed E-state index contributed by atoms with van der Waals surface area (Å²) in [5, 5.41) is 15.8. The van der Waals surface area contributed by atoms with Crippen LogP contribution in [-0.2, 0) is 25.0 Å². The van der Waals surface area contributed by atoms with Crippen molar-refractivity contribution >= 4 is 26.2 Å². The first-order valence-electron chi connectivity index (χ1n) is 4.98. The summed E-state index contributed by atoms with van der Waals surface area (Å²) in [4.78, 5) is 9.45. The van der Waals surface area contributed by atoms with E-state index in [1.807, 2.05) is 0 Å². The van der Waals surface area contributed by atoms with E-state index in [0.717, 1.165) is 0 Å². The molecule has 0 aliphatic carbocycles. The van der Waals surface area contributed by atoms with Gasteiger partial charge in [-0.15, -0.1) is 0 Å². The van der Waals surface area contributed by atoms with Crippen LogP contribution in [0.15, 0.2) is 0 Å². The van der Waals surface area contributed by atoms with Crippen molar-refractivity contribution in [2.45, 2.75) is 13.0 Å². The smallest absolute Gasteiger partial charge is 0.332 e. The Kier molecular flexibility index (Phi) is 14.5. The highest BCUT2D eigenvalue weighted by Crippen LogP contribution is 1.75. The minimum absolute atomic E-state index is 0.0289.